The number of rotatable bonds is 9. The molecule has 1 fully saturated rings. The third-order valence-corrected chi connectivity index (χ3v) is 7.56. The van der Waals surface area contributed by atoms with Gasteiger partial charge in [-0.3, -0.25) is 4.90 Å². The van der Waals surface area contributed by atoms with Gasteiger partial charge in [0.1, 0.15) is 18.9 Å². The summed E-state index contributed by atoms with van der Waals surface area (Å²) in [5.41, 5.74) is 5.10. The van der Waals surface area contributed by atoms with Crippen molar-refractivity contribution in [2.45, 2.75) is 40.0 Å². The molecule has 0 unspecified atom stereocenters. The maximum absolute atomic E-state index is 12.5. The van der Waals surface area contributed by atoms with Gasteiger partial charge in [-0.2, -0.15) is 0 Å². The van der Waals surface area contributed by atoms with Gasteiger partial charge in [-0.25, -0.2) is 14.8 Å². The highest BCUT2D eigenvalue weighted by molar-refractivity contribution is 6.01. The number of piperazine rings is 1. The highest BCUT2D eigenvalue weighted by atomic mass is 16.6. The van der Waals surface area contributed by atoms with Gasteiger partial charge in [0.15, 0.2) is 0 Å². The molecule has 1 amide bonds. The summed E-state index contributed by atoms with van der Waals surface area (Å²) in [6.45, 7) is 11.2. The van der Waals surface area contributed by atoms with E-state index in [-0.39, 0.29) is 18.1 Å². The van der Waals surface area contributed by atoms with Crippen LogP contribution in [0.25, 0.3) is 0 Å². The van der Waals surface area contributed by atoms with E-state index in [4.69, 9.17) is 14.6 Å². The van der Waals surface area contributed by atoms with Gasteiger partial charge in [-0.05, 0) is 35.6 Å². The Morgan fingerprint density at radius 1 is 1.00 bits per heavy atom. The van der Waals surface area contributed by atoms with Crippen LogP contribution in [-0.4, -0.2) is 64.4 Å². The number of carbonyl (C=O) groups is 1. The molecule has 9 heteroatoms. The summed E-state index contributed by atoms with van der Waals surface area (Å²) in [5.74, 6) is 1.24. The Morgan fingerprint density at radius 3 is 2.48 bits per heavy atom. The fraction of sp³-hybridized carbons (Fsp3) is 0.419. The summed E-state index contributed by atoms with van der Waals surface area (Å²) in [6.07, 6.45) is 1.52. The summed E-state index contributed by atoms with van der Waals surface area (Å²) < 4.78 is 5.49. The van der Waals surface area contributed by atoms with Crippen molar-refractivity contribution >= 4 is 17.8 Å². The van der Waals surface area contributed by atoms with Crippen LogP contribution in [0, 0.1) is 11.8 Å². The summed E-state index contributed by atoms with van der Waals surface area (Å²) >= 11 is 0. The Morgan fingerprint density at radius 2 is 1.75 bits per heavy atom. The SMILES string of the molecule is CC(C)[C@@H]1CON=C1c1ccnc(N[C@@H](C)c2ccc(CN3CCN(C(=O)OCc4ccccc4)CC3)cc2)n1. The lowest BCUT2D eigenvalue weighted by Gasteiger charge is -2.34. The lowest BCUT2D eigenvalue weighted by Crippen LogP contribution is -2.48. The van der Waals surface area contributed by atoms with Crippen LogP contribution >= 0.6 is 0 Å². The smallest absolute Gasteiger partial charge is 0.410 e. The van der Waals surface area contributed by atoms with Crippen molar-refractivity contribution in [3.05, 3.63) is 89.2 Å². The van der Waals surface area contributed by atoms with Crippen molar-refractivity contribution in [2.75, 3.05) is 38.1 Å². The van der Waals surface area contributed by atoms with Crippen LogP contribution in [0.4, 0.5) is 10.7 Å². The highest BCUT2D eigenvalue weighted by Gasteiger charge is 2.29. The molecule has 3 heterocycles. The van der Waals surface area contributed by atoms with E-state index in [9.17, 15) is 4.79 Å². The van der Waals surface area contributed by atoms with E-state index >= 15 is 0 Å². The topological polar surface area (TPSA) is 92.2 Å². The lowest BCUT2D eigenvalue weighted by molar-refractivity contribution is 0.0700. The van der Waals surface area contributed by atoms with E-state index in [0.717, 1.165) is 42.2 Å². The van der Waals surface area contributed by atoms with Crippen molar-refractivity contribution in [1.82, 2.24) is 19.8 Å². The first kappa shape index (κ1) is 27.6. The quantitative estimate of drug-likeness (QED) is 0.402. The molecular weight excluding hydrogens is 504 g/mol. The molecule has 1 saturated heterocycles. The lowest BCUT2D eigenvalue weighted by atomic mass is 9.90. The number of ether oxygens (including phenoxy) is 1. The Kier molecular flexibility index (Phi) is 8.91. The van der Waals surface area contributed by atoms with Crippen LogP contribution in [0.1, 0.15) is 49.2 Å². The minimum Gasteiger partial charge on any atom is -0.445 e. The molecule has 9 nitrogen and oxygen atoms in total. The minimum absolute atomic E-state index is 0.0393. The van der Waals surface area contributed by atoms with E-state index in [1.54, 1.807) is 11.1 Å². The Bertz CT molecular complexity index is 1290. The standard InChI is InChI=1S/C31H38N6O3/c1-22(2)27-21-40-35-29(27)28-13-14-32-30(34-28)33-23(3)26-11-9-24(10-12-26)19-36-15-17-37(18-16-36)31(38)39-20-25-7-5-4-6-8-25/h4-14,22-23,27H,15-21H2,1-3H3,(H,32,33,34)/t23-,27-/m0/s1. The van der Waals surface area contributed by atoms with Gasteiger partial charge >= 0.3 is 6.09 Å². The zero-order valence-corrected chi connectivity index (χ0v) is 23.5. The summed E-state index contributed by atoms with van der Waals surface area (Å²) in [4.78, 5) is 31.1. The number of anilines is 1. The van der Waals surface area contributed by atoms with Crippen LogP contribution in [0.5, 0.6) is 0 Å². The van der Waals surface area contributed by atoms with Crippen molar-refractivity contribution in [3.8, 4) is 0 Å². The van der Waals surface area contributed by atoms with Crippen LogP contribution in [0.15, 0.2) is 72.0 Å². The Balaban J connectivity index is 1.09. The van der Waals surface area contributed by atoms with Crippen molar-refractivity contribution < 1.29 is 14.4 Å². The number of nitrogens with zero attached hydrogens (tertiary/aromatic N) is 5. The third-order valence-electron chi connectivity index (χ3n) is 7.56. The molecule has 2 aliphatic rings. The van der Waals surface area contributed by atoms with Crippen LogP contribution in [-0.2, 0) is 22.7 Å². The molecule has 2 aromatic carbocycles. The van der Waals surface area contributed by atoms with E-state index in [1.165, 1.54) is 5.56 Å². The molecule has 0 bridgehead atoms. The molecule has 5 rings (SSSR count). The Labute approximate surface area is 236 Å². The number of aromatic nitrogens is 2. The number of hydrogen-bond acceptors (Lipinski definition) is 8. The molecule has 1 N–H and O–H groups in total. The van der Waals surface area contributed by atoms with Gasteiger partial charge < -0.3 is 19.8 Å². The zero-order chi connectivity index (χ0) is 27.9. The minimum atomic E-state index is -0.242. The normalized spacial score (nSPS) is 18.2. The fourth-order valence-electron chi connectivity index (χ4n) is 5.00. The fourth-order valence-corrected chi connectivity index (χ4v) is 5.00. The van der Waals surface area contributed by atoms with Gasteiger partial charge in [0, 0.05) is 44.8 Å². The van der Waals surface area contributed by atoms with Crippen LogP contribution < -0.4 is 5.32 Å². The van der Waals surface area contributed by atoms with Crippen molar-refractivity contribution in [2.24, 2.45) is 17.0 Å². The highest BCUT2D eigenvalue weighted by Crippen LogP contribution is 2.24. The number of hydrogen-bond donors (Lipinski definition) is 1. The monoisotopic (exact) mass is 542 g/mol. The molecule has 2 atom stereocenters. The maximum Gasteiger partial charge on any atom is 0.410 e. The first-order valence-corrected chi connectivity index (χ1v) is 14.0. The first-order chi connectivity index (χ1) is 19.5. The van der Waals surface area contributed by atoms with Crippen LogP contribution in [0.3, 0.4) is 0 Å². The zero-order valence-electron chi connectivity index (χ0n) is 23.5. The molecular formula is C31H38N6O3. The van der Waals surface area contributed by atoms with Gasteiger partial charge in [0.25, 0.3) is 0 Å². The van der Waals surface area contributed by atoms with Gasteiger partial charge in [0.2, 0.25) is 5.95 Å². The van der Waals surface area contributed by atoms with Crippen molar-refractivity contribution in [3.63, 3.8) is 0 Å². The Hall–Kier alpha value is -3.98. The van der Waals surface area contributed by atoms with Gasteiger partial charge in [-0.1, -0.05) is 73.6 Å². The molecule has 40 heavy (non-hydrogen) atoms. The molecule has 2 aliphatic heterocycles. The maximum atomic E-state index is 12.5. The average molecular weight is 543 g/mol. The summed E-state index contributed by atoms with van der Waals surface area (Å²) in [6, 6.07) is 20.3. The third kappa shape index (κ3) is 6.96. The molecule has 0 saturated carbocycles. The molecule has 0 aliphatic carbocycles. The number of benzene rings is 2. The predicted molar refractivity (Wildman–Crippen MR) is 155 cm³/mol. The summed E-state index contributed by atoms with van der Waals surface area (Å²) in [5, 5.41) is 7.67. The first-order valence-electron chi connectivity index (χ1n) is 14.0. The van der Waals surface area contributed by atoms with E-state index in [1.807, 2.05) is 36.4 Å². The van der Waals surface area contributed by atoms with Crippen LogP contribution in [0.2, 0.25) is 0 Å². The second kappa shape index (κ2) is 12.9. The van der Waals surface area contributed by atoms with E-state index in [2.05, 4.69) is 65.4 Å². The number of amides is 1. The van der Waals surface area contributed by atoms with E-state index < -0.39 is 0 Å². The largest absolute Gasteiger partial charge is 0.445 e. The molecule has 1 aromatic heterocycles. The average Bonchev–Trinajstić information content (AvgIpc) is 3.48. The second-order valence-electron chi connectivity index (χ2n) is 10.8. The van der Waals surface area contributed by atoms with Crippen molar-refractivity contribution in [1.29, 1.82) is 0 Å². The van der Waals surface area contributed by atoms with Gasteiger partial charge in [-0.15, -0.1) is 0 Å². The predicted octanol–water partition coefficient (Wildman–Crippen LogP) is 5.11. The number of oxime groups is 1. The van der Waals surface area contributed by atoms with Gasteiger partial charge in [0.05, 0.1) is 11.7 Å². The molecule has 0 spiro atoms. The van der Waals surface area contributed by atoms with E-state index in [0.29, 0.717) is 38.2 Å². The summed E-state index contributed by atoms with van der Waals surface area (Å²) in [7, 11) is 0. The molecule has 0 radical (unpaired) electrons. The number of nitrogens with one attached hydrogen (secondary N) is 1. The number of carbonyl (C=O) groups excluding carboxylic acids is 1. The molecule has 210 valence electrons. The second-order valence-corrected chi connectivity index (χ2v) is 10.8. The molecule has 3 aromatic rings.